The molecule has 0 spiro atoms. The molecule has 29 heavy (non-hydrogen) atoms. The van der Waals surface area contributed by atoms with Gasteiger partial charge in [-0.15, -0.1) is 5.10 Å². The molecule has 0 bridgehead atoms. The maximum absolute atomic E-state index is 13.6. The van der Waals surface area contributed by atoms with Gasteiger partial charge in [-0.3, -0.25) is 9.48 Å². The van der Waals surface area contributed by atoms with Gasteiger partial charge in [0.1, 0.15) is 17.7 Å². The van der Waals surface area contributed by atoms with Gasteiger partial charge in [-0.25, -0.2) is 9.07 Å². The molecule has 0 unspecified atom stereocenters. The van der Waals surface area contributed by atoms with Gasteiger partial charge in [0.25, 0.3) is 0 Å². The summed E-state index contributed by atoms with van der Waals surface area (Å²) in [6.45, 7) is 8.95. The molecule has 0 radical (unpaired) electrons. The number of aromatic nitrogens is 6. The molecule has 2 atom stereocenters. The SMILES string of the molecule is Cc1cc(C)n(C[C@@H](C)CNC(=O)[C@H](Cc2cccc(F)c2)n2nnnc2C)n1. The fourth-order valence-electron chi connectivity index (χ4n) is 3.32. The molecular formula is C20H26FN7O. The zero-order chi connectivity index (χ0) is 21.0. The van der Waals surface area contributed by atoms with E-state index in [2.05, 4.69) is 32.9 Å². The van der Waals surface area contributed by atoms with E-state index >= 15 is 0 Å². The summed E-state index contributed by atoms with van der Waals surface area (Å²) in [6.07, 6.45) is 0.293. The highest BCUT2D eigenvalue weighted by molar-refractivity contribution is 5.80. The number of benzene rings is 1. The molecular weight excluding hydrogens is 373 g/mol. The summed E-state index contributed by atoms with van der Waals surface area (Å²) >= 11 is 0. The van der Waals surface area contributed by atoms with E-state index < -0.39 is 6.04 Å². The lowest BCUT2D eigenvalue weighted by Crippen LogP contribution is -2.38. The predicted molar refractivity (Wildman–Crippen MR) is 106 cm³/mol. The lowest BCUT2D eigenvalue weighted by Gasteiger charge is -2.20. The van der Waals surface area contributed by atoms with E-state index in [9.17, 15) is 9.18 Å². The van der Waals surface area contributed by atoms with Crippen molar-refractivity contribution in [1.82, 2.24) is 35.3 Å². The number of nitrogens with one attached hydrogen (secondary N) is 1. The Labute approximate surface area is 169 Å². The van der Waals surface area contributed by atoms with Crippen LogP contribution < -0.4 is 5.32 Å². The number of carbonyl (C=O) groups excluding carboxylic acids is 1. The molecule has 0 aliphatic rings. The molecule has 0 fully saturated rings. The van der Waals surface area contributed by atoms with E-state index in [4.69, 9.17) is 0 Å². The van der Waals surface area contributed by atoms with Crippen molar-refractivity contribution >= 4 is 5.91 Å². The fraction of sp³-hybridized carbons (Fsp3) is 0.450. The maximum atomic E-state index is 13.6. The molecule has 0 saturated carbocycles. The summed E-state index contributed by atoms with van der Waals surface area (Å²) in [5.74, 6) is 0.164. The summed E-state index contributed by atoms with van der Waals surface area (Å²) in [7, 11) is 0. The molecule has 8 nitrogen and oxygen atoms in total. The van der Waals surface area contributed by atoms with E-state index in [1.807, 2.05) is 24.6 Å². The van der Waals surface area contributed by atoms with Crippen LogP contribution in [-0.2, 0) is 17.8 Å². The summed E-state index contributed by atoms with van der Waals surface area (Å²) < 4.78 is 17.0. The highest BCUT2D eigenvalue weighted by atomic mass is 19.1. The Kier molecular flexibility index (Phi) is 6.36. The smallest absolute Gasteiger partial charge is 0.245 e. The molecule has 0 aliphatic carbocycles. The lowest BCUT2D eigenvalue weighted by molar-refractivity contribution is -0.124. The first-order valence-electron chi connectivity index (χ1n) is 9.61. The monoisotopic (exact) mass is 399 g/mol. The van der Waals surface area contributed by atoms with Crippen molar-refractivity contribution < 1.29 is 9.18 Å². The van der Waals surface area contributed by atoms with Gasteiger partial charge in [-0.2, -0.15) is 5.10 Å². The van der Waals surface area contributed by atoms with E-state index in [1.54, 1.807) is 19.1 Å². The predicted octanol–water partition coefficient (Wildman–Crippen LogP) is 2.17. The maximum Gasteiger partial charge on any atom is 0.245 e. The summed E-state index contributed by atoms with van der Waals surface area (Å²) in [5, 5.41) is 18.9. The zero-order valence-electron chi connectivity index (χ0n) is 17.1. The molecule has 9 heteroatoms. The molecule has 1 N–H and O–H groups in total. The van der Waals surface area contributed by atoms with Crippen LogP contribution in [0.25, 0.3) is 0 Å². The highest BCUT2D eigenvalue weighted by Gasteiger charge is 2.24. The third kappa shape index (κ3) is 5.24. The second kappa shape index (κ2) is 8.93. The summed E-state index contributed by atoms with van der Waals surface area (Å²) in [4.78, 5) is 13.0. The van der Waals surface area contributed by atoms with Crippen molar-refractivity contribution in [1.29, 1.82) is 0 Å². The minimum absolute atomic E-state index is 0.182. The lowest BCUT2D eigenvalue weighted by atomic mass is 10.0. The topological polar surface area (TPSA) is 90.5 Å². The minimum atomic E-state index is -0.660. The molecule has 3 aromatic rings. The van der Waals surface area contributed by atoms with Crippen LogP contribution in [-0.4, -0.2) is 42.4 Å². The number of carbonyl (C=O) groups is 1. The van der Waals surface area contributed by atoms with Crippen LogP contribution in [0.3, 0.4) is 0 Å². The van der Waals surface area contributed by atoms with Gasteiger partial charge >= 0.3 is 0 Å². The Morgan fingerprint density at radius 1 is 1.24 bits per heavy atom. The molecule has 0 saturated heterocycles. The van der Waals surface area contributed by atoms with Crippen molar-refractivity contribution in [2.45, 2.75) is 46.7 Å². The standard InChI is InChI=1S/C20H26FN7O/c1-13(12-27-15(3)8-14(2)24-27)11-22-20(29)19(28-16(4)23-25-26-28)10-17-6-5-7-18(21)9-17/h5-9,13,19H,10-12H2,1-4H3,(H,22,29)/t13-,19-/m0/s1. The Balaban J connectivity index is 1.68. The largest absolute Gasteiger partial charge is 0.354 e. The molecule has 2 heterocycles. The number of nitrogens with zero attached hydrogens (tertiary/aromatic N) is 6. The van der Waals surface area contributed by atoms with Gasteiger partial charge in [0.15, 0.2) is 0 Å². The van der Waals surface area contributed by atoms with Crippen LogP contribution in [0.5, 0.6) is 0 Å². The Morgan fingerprint density at radius 3 is 2.66 bits per heavy atom. The average molecular weight is 399 g/mol. The molecule has 154 valence electrons. The van der Waals surface area contributed by atoms with Crippen LogP contribution in [0.1, 0.15) is 35.7 Å². The van der Waals surface area contributed by atoms with Crippen molar-refractivity contribution in [2.75, 3.05) is 6.54 Å². The Hall–Kier alpha value is -3.10. The van der Waals surface area contributed by atoms with E-state index in [1.165, 1.54) is 16.8 Å². The number of tetrazole rings is 1. The van der Waals surface area contributed by atoms with Gasteiger partial charge in [-0.05, 0) is 60.9 Å². The van der Waals surface area contributed by atoms with Crippen LogP contribution in [0.15, 0.2) is 30.3 Å². The number of hydrogen-bond donors (Lipinski definition) is 1. The Morgan fingerprint density at radius 2 is 2.03 bits per heavy atom. The number of halogens is 1. The number of aryl methyl sites for hydroxylation is 3. The zero-order valence-corrected chi connectivity index (χ0v) is 17.1. The number of amides is 1. The third-order valence-corrected chi connectivity index (χ3v) is 4.79. The first kappa shape index (κ1) is 20.6. The first-order valence-corrected chi connectivity index (χ1v) is 9.61. The molecule has 2 aromatic heterocycles. The fourth-order valence-corrected chi connectivity index (χ4v) is 3.32. The van der Waals surface area contributed by atoms with Gasteiger partial charge in [0.05, 0.1) is 5.69 Å². The summed E-state index contributed by atoms with van der Waals surface area (Å²) in [6, 6.07) is 7.58. The Bertz CT molecular complexity index is 981. The van der Waals surface area contributed by atoms with Gasteiger partial charge < -0.3 is 5.32 Å². The number of rotatable bonds is 8. The van der Waals surface area contributed by atoms with Gasteiger partial charge in [-0.1, -0.05) is 19.1 Å². The second-order valence-electron chi connectivity index (χ2n) is 7.48. The van der Waals surface area contributed by atoms with Crippen LogP contribution >= 0.6 is 0 Å². The highest BCUT2D eigenvalue weighted by Crippen LogP contribution is 2.16. The van der Waals surface area contributed by atoms with Crippen molar-refractivity contribution in [3.8, 4) is 0 Å². The third-order valence-electron chi connectivity index (χ3n) is 4.79. The molecule has 0 aliphatic heterocycles. The van der Waals surface area contributed by atoms with E-state index in [-0.39, 0.29) is 17.6 Å². The van der Waals surface area contributed by atoms with Crippen molar-refractivity contribution in [3.63, 3.8) is 0 Å². The number of hydrogen-bond acceptors (Lipinski definition) is 5. The van der Waals surface area contributed by atoms with E-state index in [0.717, 1.165) is 11.4 Å². The van der Waals surface area contributed by atoms with Gasteiger partial charge in [0, 0.05) is 25.2 Å². The second-order valence-corrected chi connectivity index (χ2v) is 7.48. The molecule has 1 amide bonds. The minimum Gasteiger partial charge on any atom is -0.354 e. The van der Waals surface area contributed by atoms with Crippen LogP contribution in [0.4, 0.5) is 4.39 Å². The first-order chi connectivity index (χ1) is 13.8. The summed E-state index contributed by atoms with van der Waals surface area (Å²) in [5.41, 5.74) is 2.77. The average Bonchev–Trinajstić information content (AvgIpc) is 3.22. The van der Waals surface area contributed by atoms with Crippen molar-refractivity contribution in [3.05, 3.63) is 58.9 Å². The van der Waals surface area contributed by atoms with Gasteiger partial charge in [0.2, 0.25) is 5.91 Å². The molecule has 1 aromatic carbocycles. The van der Waals surface area contributed by atoms with E-state index in [0.29, 0.717) is 30.9 Å². The van der Waals surface area contributed by atoms with Crippen LogP contribution in [0, 0.1) is 32.5 Å². The molecule has 3 rings (SSSR count). The van der Waals surface area contributed by atoms with Crippen molar-refractivity contribution in [2.24, 2.45) is 5.92 Å². The normalized spacial score (nSPS) is 13.3. The quantitative estimate of drug-likeness (QED) is 0.627. The van der Waals surface area contributed by atoms with Crippen LogP contribution in [0.2, 0.25) is 0 Å².